The number of anilines is 1. The Balaban J connectivity index is 2.38. The highest BCUT2D eigenvalue weighted by molar-refractivity contribution is 6.30. The molecule has 0 radical (unpaired) electrons. The third-order valence-electron chi connectivity index (χ3n) is 2.81. The largest absolute Gasteiger partial charge is 0.384 e. The number of nitrogens with one attached hydrogen (secondary N) is 1. The molecule has 4 nitrogen and oxygen atoms in total. The lowest BCUT2D eigenvalue weighted by atomic mass is 10.1. The second-order valence-corrected chi connectivity index (χ2v) is 4.34. The Bertz CT molecular complexity index is 424. The van der Waals surface area contributed by atoms with E-state index in [9.17, 15) is 4.79 Å². The first kappa shape index (κ1) is 11.5. The summed E-state index contributed by atoms with van der Waals surface area (Å²) in [5.41, 5.74) is 0.487. The van der Waals surface area contributed by atoms with Crippen LogP contribution in [0.4, 0.5) is 5.69 Å². The molecule has 1 aromatic heterocycles. The number of hydrogen-bond acceptors (Lipinski definition) is 3. The summed E-state index contributed by atoms with van der Waals surface area (Å²) >= 11 is 5.98. The minimum Gasteiger partial charge on any atom is -0.384 e. The van der Waals surface area contributed by atoms with Crippen molar-refractivity contribution in [2.75, 3.05) is 25.6 Å². The van der Waals surface area contributed by atoms with Gasteiger partial charge >= 0.3 is 0 Å². The fraction of sp³-hybridized carbons (Fsp3) is 0.545. The average Bonchev–Trinajstić information content (AvgIpc) is 2.33. The fourth-order valence-electron chi connectivity index (χ4n) is 1.96. The first-order valence-corrected chi connectivity index (χ1v) is 5.77. The molecule has 0 amide bonds. The maximum absolute atomic E-state index is 12.0. The van der Waals surface area contributed by atoms with Crippen LogP contribution in [0.2, 0.25) is 5.02 Å². The summed E-state index contributed by atoms with van der Waals surface area (Å²) in [6, 6.07) is 1.75. The van der Waals surface area contributed by atoms with Gasteiger partial charge in [-0.25, -0.2) is 0 Å². The van der Waals surface area contributed by atoms with Gasteiger partial charge < -0.3 is 14.6 Å². The molecular weight excluding hydrogens is 228 g/mol. The molecule has 0 spiro atoms. The molecule has 1 fully saturated rings. The molecule has 1 N–H and O–H groups in total. The predicted octanol–water partition coefficient (Wildman–Crippen LogP) is 1.89. The lowest BCUT2D eigenvalue weighted by Gasteiger charge is -2.24. The third kappa shape index (κ3) is 2.23. The first-order valence-electron chi connectivity index (χ1n) is 5.39. The van der Waals surface area contributed by atoms with Crippen LogP contribution in [0.3, 0.4) is 0 Å². The minimum absolute atomic E-state index is 0.0394. The molecule has 1 atom stereocenters. The van der Waals surface area contributed by atoms with E-state index in [-0.39, 0.29) is 11.6 Å². The van der Waals surface area contributed by atoms with Gasteiger partial charge in [0.2, 0.25) is 0 Å². The molecule has 16 heavy (non-hydrogen) atoms. The Morgan fingerprint density at radius 3 is 3.06 bits per heavy atom. The second kappa shape index (κ2) is 4.89. The summed E-state index contributed by atoms with van der Waals surface area (Å²) < 4.78 is 7.06. The van der Waals surface area contributed by atoms with Gasteiger partial charge in [-0.15, -0.1) is 0 Å². The van der Waals surface area contributed by atoms with Crippen molar-refractivity contribution in [3.63, 3.8) is 0 Å². The van der Waals surface area contributed by atoms with Crippen LogP contribution < -0.4 is 10.9 Å². The molecule has 2 rings (SSSR count). The van der Waals surface area contributed by atoms with Gasteiger partial charge in [0.05, 0.1) is 17.7 Å². The molecule has 0 saturated carbocycles. The van der Waals surface area contributed by atoms with Crippen molar-refractivity contribution in [2.24, 2.45) is 0 Å². The molecule has 0 aliphatic carbocycles. The Hall–Kier alpha value is -1.00. The van der Waals surface area contributed by atoms with Gasteiger partial charge in [-0.3, -0.25) is 4.79 Å². The van der Waals surface area contributed by atoms with Crippen LogP contribution in [-0.2, 0) is 4.74 Å². The molecule has 1 saturated heterocycles. The first-order chi connectivity index (χ1) is 7.72. The van der Waals surface area contributed by atoms with E-state index in [1.165, 1.54) is 0 Å². The van der Waals surface area contributed by atoms with E-state index < -0.39 is 0 Å². The van der Waals surface area contributed by atoms with Crippen LogP contribution in [0.25, 0.3) is 0 Å². The van der Waals surface area contributed by atoms with Gasteiger partial charge in [0, 0.05) is 19.9 Å². The molecule has 1 aliphatic rings. The van der Waals surface area contributed by atoms with Gasteiger partial charge in [-0.1, -0.05) is 11.6 Å². The van der Waals surface area contributed by atoms with Crippen LogP contribution >= 0.6 is 11.6 Å². The highest BCUT2D eigenvalue weighted by atomic mass is 35.5. The SMILES string of the molecule is CNc1cc(Cl)cn(C2CCCOC2)c1=O. The lowest BCUT2D eigenvalue weighted by molar-refractivity contribution is 0.0581. The van der Waals surface area contributed by atoms with E-state index in [0.717, 1.165) is 19.4 Å². The van der Waals surface area contributed by atoms with Crippen LogP contribution in [0.1, 0.15) is 18.9 Å². The summed E-state index contributed by atoms with van der Waals surface area (Å²) in [6.07, 6.45) is 3.63. The number of nitrogens with zero attached hydrogens (tertiary/aromatic N) is 1. The number of hydrogen-bond donors (Lipinski definition) is 1. The van der Waals surface area contributed by atoms with Crippen molar-refractivity contribution in [1.82, 2.24) is 4.57 Å². The Morgan fingerprint density at radius 2 is 2.44 bits per heavy atom. The summed E-state index contributed by atoms with van der Waals surface area (Å²) in [5, 5.41) is 3.42. The van der Waals surface area contributed by atoms with Gasteiger partial charge in [-0.05, 0) is 18.9 Å². The van der Waals surface area contributed by atoms with E-state index in [4.69, 9.17) is 16.3 Å². The molecular formula is C11H15ClN2O2. The topological polar surface area (TPSA) is 43.3 Å². The van der Waals surface area contributed by atoms with Gasteiger partial charge in [0.1, 0.15) is 5.69 Å². The second-order valence-electron chi connectivity index (χ2n) is 3.91. The Kier molecular flexibility index (Phi) is 3.51. The van der Waals surface area contributed by atoms with E-state index in [0.29, 0.717) is 17.3 Å². The van der Waals surface area contributed by atoms with Crippen LogP contribution in [0, 0.1) is 0 Å². The van der Waals surface area contributed by atoms with Gasteiger partial charge in [0.25, 0.3) is 5.56 Å². The van der Waals surface area contributed by atoms with E-state index >= 15 is 0 Å². The molecule has 5 heteroatoms. The fourth-order valence-corrected chi connectivity index (χ4v) is 2.18. The van der Waals surface area contributed by atoms with Crippen molar-refractivity contribution in [3.05, 3.63) is 27.6 Å². The number of halogens is 1. The summed E-state index contributed by atoms with van der Waals surface area (Å²) in [4.78, 5) is 12.0. The summed E-state index contributed by atoms with van der Waals surface area (Å²) in [7, 11) is 1.72. The van der Waals surface area contributed by atoms with Crippen molar-refractivity contribution < 1.29 is 4.74 Å². The van der Waals surface area contributed by atoms with Crippen molar-refractivity contribution in [3.8, 4) is 0 Å². The van der Waals surface area contributed by atoms with Crippen molar-refractivity contribution in [1.29, 1.82) is 0 Å². The molecule has 88 valence electrons. The maximum atomic E-state index is 12.0. The molecule has 0 bridgehead atoms. The monoisotopic (exact) mass is 242 g/mol. The highest BCUT2D eigenvalue weighted by Crippen LogP contribution is 2.20. The number of rotatable bonds is 2. The maximum Gasteiger partial charge on any atom is 0.274 e. The number of ether oxygens (including phenoxy) is 1. The van der Waals surface area contributed by atoms with Crippen molar-refractivity contribution in [2.45, 2.75) is 18.9 Å². The van der Waals surface area contributed by atoms with Gasteiger partial charge in [0.15, 0.2) is 0 Å². The molecule has 1 aliphatic heterocycles. The van der Waals surface area contributed by atoms with E-state index in [1.54, 1.807) is 23.9 Å². The smallest absolute Gasteiger partial charge is 0.274 e. The third-order valence-corrected chi connectivity index (χ3v) is 3.02. The number of aromatic nitrogens is 1. The lowest BCUT2D eigenvalue weighted by Crippen LogP contribution is -2.31. The zero-order valence-electron chi connectivity index (χ0n) is 9.20. The molecule has 2 heterocycles. The Morgan fingerprint density at radius 1 is 1.62 bits per heavy atom. The standard InChI is InChI=1S/C11H15ClN2O2/c1-13-10-5-8(12)6-14(11(10)15)9-3-2-4-16-7-9/h5-6,9,13H,2-4,7H2,1H3. The zero-order valence-corrected chi connectivity index (χ0v) is 9.96. The number of pyridine rings is 1. The van der Waals surface area contributed by atoms with Crippen LogP contribution in [0.5, 0.6) is 0 Å². The predicted molar refractivity (Wildman–Crippen MR) is 64.3 cm³/mol. The Labute approximate surface area is 99.2 Å². The van der Waals surface area contributed by atoms with Crippen LogP contribution in [0.15, 0.2) is 17.1 Å². The van der Waals surface area contributed by atoms with E-state index in [2.05, 4.69) is 5.32 Å². The van der Waals surface area contributed by atoms with Crippen molar-refractivity contribution >= 4 is 17.3 Å². The van der Waals surface area contributed by atoms with Gasteiger partial charge in [-0.2, -0.15) is 0 Å². The normalized spacial score (nSPS) is 20.8. The molecule has 1 unspecified atom stereocenters. The van der Waals surface area contributed by atoms with Crippen LogP contribution in [-0.4, -0.2) is 24.8 Å². The van der Waals surface area contributed by atoms with E-state index in [1.807, 2.05) is 0 Å². The highest BCUT2D eigenvalue weighted by Gasteiger charge is 2.18. The quantitative estimate of drug-likeness (QED) is 0.862. The molecule has 1 aromatic rings. The summed E-state index contributed by atoms with van der Waals surface area (Å²) in [5.74, 6) is 0. The summed E-state index contributed by atoms with van der Waals surface area (Å²) in [6.45, 7) is 1.37. The average molecular weight is 243 g/mol. The molecule has 0 aromatic carbocycles. The minimum atomic E-state index is -0.0394. The zero-order chi connectivity index (χ0) is 11.5.